The minimum Gasteiger partial charge on any atom is -0.390 e. The van der Waals surface area contributed by atoms with Crippen LogP contribution < -0.4 is 0 Å². The van der Waals surface area contributed by atoms with Crippen LogP contribution in [0.3, 0.4) is 0 Å². The van der Waals surface area contributed by atoms with Gasteiger partial charge in [0.05, 0.1) is 11.5 Å². The molecule has 1 aliphatic carbocycles. The first kappa shape index (κ1) is 13.8. The monoisotopic (exact) mass is 312 g/mol. The molecule has 5 nitrogen and oxygen atoms in total. The second-order valence-corrected chi connectivity index (χ2v) is 7.60. The van der Waals surface area contributed by atoms with E-state index in [0.717, 1.165) is 18.4 Å². The Bertz CT molecular complexity index is 672. The van der Waals surface area contributed by atoms with Gasteiger partial charge in [0, 0.05) is 24.5 Å². The number of aromatic nitrogens is 1. The second-order valence-electron chi connectivity index (χ2n) is 4.93. The van der Waals surface area contributed by atoms with E-state index >= 15 is 0 Å². The molecule has 2 aromatic heterocycles. The van der Waals surface area contributed by atoms with Gasteiger partial charge in [-0.25, -0.2) is 8.42 Å². The van der Waals surface area contributed by atoms with E-state index < -0.39 is 10.0 Å². The predicted octanol–water partition coefficient (Wildman–Crippen LogP) is 1.92. The molecule has 2 aromatic rings. The van der Waals surface area contributed by atoms with Crippen LogP contribution >= 0.6 is 11.3 Å². The highest BCUT2D eigenvalue weighted by molar-refractivity contribution is 7.89. The summed E-state index contributed by atoms with van der Waals surface area (Å²) in [6.07, 6.45) is 3.28. The summed E-state index contributed by atoms with van der Waals surface area (Å²) in [6, 6.07) is 3.55. The van der Waals surface area contributed by atoms with Crippen molar-refractivity contribution < 1.29 is 13.5 Å². The van der Waals surface area contributed by atoms with Crippen molar-refractivity contribution in [3.05, 3.63) is 40.3 Å². The summed E-state index contributed by atoms with van der Waals surface area (Å²) >= 11 is 1.57. The van der Waals surface area contributed by atoms with Crippen LogP contribution in [0, 0.1) is 0 Å². The summed E-state index contributed by atoms with van der Waals surface area (Å²) in [7, 11) is -3.51. The van der Waals surface area contributed by atoms with Crippen LogP contribution in [0.5, 0.6) is 0 Å². The molecule has 2 N–H and O–H groups in total. The van der Waals surface area contributed by atoms with Crippen LogP contribution in [0.15, 0.2) is 34.0 Å². The third kappa shape index (κ3) is 2.67. The Labute approximate surface area is 121 Å². The Morgan fingerprint density at radius 2 is 2.25 bits per heavy atom. The largest absolute Gasteiger partial charge is 0.390 e. The number of hydrogen-bond acceptors (Lipinski definition) is 4. The van der Waals surface area contributed by atoms with Crippen LogP contribution in [0.25, 0.3) is 0 Å². The van der Waals surface area contributed by atoms with Crippen molar-refractivity contribution in [1.29, 1.82) is 0 Å². The standard InChI is InChI=1S/C13H16N2O3S2/c16-8-11-5-13(6-14-11)20(17,18)15(12-1-2-12)7-10-3-4-19-9-10/h3-6,9,12,14,16H,1-2,7-8H2. The zero-order valence-electron chi connectivity index (χ0n) is 10.8. The van der Waals surface area contributed by atoms with E-state index in [1.165, 1.54) is 12.3 Å². The van der Waals surface area contributed by atoms with E-state index in [9.17, 15) is 8.42 Å². The molecule has 0 aromatic carbocycles. The summed E-state index contributed by atoms with van der Waals surface area (Å²) in [5.74, 6) is 0. The lowest BCUT2D eigenvalue weighted by Crippen LogP contribution is -2.32. The van der Waals surface area contributed by atoms with Gasteiger partial charge in [-0.2, -0.15) is 15.6 Å². The third-order valence-corrected chi connectivity index (χ3v) is 5.97. The molecule has 0 unspecified atom stereocenters. The molecule has 7 heteroatoms. The van der Waals surface area contributed by atoms with E-state index in [4.69, 9.17) is 5.11 Å². The number of aliphatic hydroxyl groups is 1. The first-order valence-electron chi connectivity index (χ1n) is 6.42. The van der Waals surface area contributed by atoms with E-state index in [0.29, 0.717) is 12.2 Å². The fraction of sp³-hybridized carbons (Fsp3) is 0.385. The fourth-order valence-corrected chi connectivity index (χ4v) is 4.48. The van der Waals surface area contributed by atoms with Crippen LogP contribution in [-0.4, -0.2) is 28.9 Å². The molecule has 1 saturated carbocycles. The number of aliphatic hydroxyl groups excluding tert-OH is 1. The van der Waals surface area contributed by atoms with Crippen molar-refractivity contribution in [3.63, 3.8) is 0 Å². The summed E-state index contributed by atoms with van der Waals surface area (Å²) in [6.45, 7) is 0.222. The van der Waals surface area contributed by atoms with Gasteiger partial charge in [-0.05, 0) is 41.3 Å². The maximum Gasteiger partial charge on any atom is 0.245 e. The van der Waals surface area contributed by atoms with Gasteiger partial charge in [-0.3, -0.25) is 0 Å². The maximum absolute atomic E-state index is 12.7. The van der Waals surface area contributed by atoms with Gasteiger partial charge in [0.1, 0.15) is 0 Å². The van der Waals surface area contributed by atoms with Gasteiger partial charge in [0.2, 0.25) is 10.0 Å². The third-order valence-electron chi connectivity index (χ3n) is 3.37. The van der Waals surface area contributed by atoms with Crippen molar-refractivity contribution in [3.8, 4) is 0 Å². The second kappa shape index (κ2) is 5.33. The number of H-pyrrole nitrogens is 1. The van der Waals surface area contributed by atoms with Crippen LogP contribution in [-0.2, 0) is 23.2 Å². The molecule has 0 saturated heterocycles. The van der Waals surface area contributed by atoms with Gasteiger partial charge in [0.25, 0.3) is 0 Å². The van der Waals surface area contributed by atoms with Gasteiger partial charge in [-0.15, -0.1) is 0 Å². The number of nitrogens with zero attached hydrogens (tertiary/aromatic N) is 1. The quantitative estimate of drug-likeness (QED) is 0.856. The summed E-state index contributed by atoms with van der Waals surface area (Å²) in [5, 5.41) is 13.0. The maximum atomic E-state index is 12.7. The Morgan fingerprint density at radius 3 is 2.80 bits per heavy atom. The number of aromatic amines is 1. The molecule has 20 heavy (non-hydrogen) atoms. The van der Waals surface area contributed by atoms with Crippen molar-refractivity contribution in [2.24, 2.45) is 0 Å². The van der Waals surface area contributed by atoms with Crippen molar-refractivity contribution >= 4 is 21.4 Å². The van der Waals surface area contributed by atoms with Gasteiger partial charge in [0.15, 0.2) is 0 Å². The highest BCUT2D eigenvalue weighted by atomic mass is 32.2. The number of nitrogens with one attached hydrogen (secondary N) is 1. The highest BCUT2D eigenvalue weighted by Crippen LogP contribution is 2.33. The Morgan fingerprint density at radius 1 is 1.45 bits per heavy atom. The average Bonchev–Trinajstić information content (AvgIpc) is 2.96. The number of hydrogen-bond donors (Lipinski definition) is 2. The Balaban J connectivity index is 1.89. The molecular weight excluding hydrogens is 296 g/mol. The normalized spacial score (nSPS) is 15.9. The molecule has 1 aliphatic rings. The molecular formula is C13H16N2O3S2. The summed E-state index contributed by atoms with van der Waals surface area (Å²) in [4.78, 5) is 3.01. The zero-order chi connectivity index (χ0) is 14.2. The predicted molar refractivity (Wildman–Crippen MR) is 76.8 cm³/mol. The number of rotatable bonds is 6. The van der Waals surface area contributed by atoms with Crippen LogP contribution in [0.2, 0.25) is 0 Å². The van der Waals surface area contributed by atoms with Crippen molar-refractivity contribution in [1.82, 2.24) is 9.29 Å². The lowest BCUT2D eigenvalue weighted by molar-refractivity contribution is 0.277. The van der Waals surface area contributed by atoms with E-state index in [2.05, 4.69) is 4.98 Å². The van der Waals surface area contributed by atoms with Crippen molar-refractivity contribution in [2.75, 3.05) is 0 Å². The smallest absolute Gasteiger partial charge is 0.245 e. The van der Waals surface area contributed by atoms with E-state index in [-0.39, 0.29) is 17.5 Å². The molecule has 0 bridgehead atoms. The van der Waals surface area contributed by atoms with Gasteiger partial charge < -0.3 is 10.1 Å². The van der Waals surface area contributed by atoms with Crippen LogP contribution in [0.4, 0.5) is 0 Å². The minimum atomic E-state index is -3.51. The molecule has 2 heterocycles. The average molecular weight is 312 g/mol. The summed E-state index contributed by atoms with van der Waals surface area (Å²) in [5.41, 5.74) is 1.53. The lowest BCUT2D eigenvalue weighted by Gasteiger charge is -2.20. The molecule has 0 spiro atoms. The molecule has 0 radical (unpaired) electrons. The number of sulfonamides is 1. The minimum absolute atomic E-state index is 0.104. The fourth-order valence-electron chi connectivity index (χ4n) is 2.13. The molecule has 1 fully saturated rings. The SMILES string of the molecule is O=S(=O)(c1c[nH]c(CO)c1)N(Cc1ccsc1)C1CC1. The molecule has 0 atom stereocenters. The van der Waals surface area contributed by atoms with E-state index in [1.54, 1.807) is 15.6 Å². The Kier molecular flexibility index (Phi) is 3.68. The molecule has 0 amide bonds. The lowest BCUT2D eigenvalue weighted by atomic mass is 10.3. The van der Waals surface area contributed by atoms with Crippen LogP contribution in [0.1, 0.15) is 24.1 Å². The number of thiophene rings is 1. The Hall–Kier alpha value is -1.15. The van der Waals surface area contributed by atoms with Gasteiger partial charge >= 0.3 is 0 Å². The molecule has 0 aliphatic heterocycles. The first-order valence-corrected chi connectivity index (χ1v) is 8.80. The molecule has 3 rings (SSSR count). The highest BCUT2D eigenvalue weighted by Gasteiger charge is 2.38. The zero-order valence-corrected chi connectivity index (χ0v) is 12.5. The van der Waals surface area contributed by atoms with Gasteiger partial charge in [-0.1, -0.05) is 0 Å². The summed E-state index contributed by atoms with van der Waals surface area (Å²) < 4.78 is 27.0. The van der Waals surface area contributed by atoms with E-state index in [1.807, 2.05) is 16.8 Å². The topological polar surface area (TPSA) is 73.4 Å². The van der Waals surface area contributed by atoms with Crippen molar-refractivity contribution in [2.45, 2.75) is 36.9 Å². The molecule has 108 valence electrons. The first-order chi connectivity index (χ1) is 9.61.